The van der Waals surface area contributed by atoms with Gasteiger partial charge in [0.25, 0.3) is 0 Å². The lowest BCUT2D eigenvalue weighted by atomic mass is 9.79. The van der Waals surface area contributed by atoms with Crippen LogP contribution in [0.1, 0.15) is 56.5 Å². The van der Waals surface area contributed by atoms with Gasteiger partial charge < -0.3 is 0 Å². The molecule has 18 heavy (non-hydrogen) atoms. The molecule has 0 N–H and O–H groups in total. The van der Waals surface area contributed by atoms with E-state index in [1.807, 2.05) is 12.1 Å². The molecular weight excluding hydrogens is 244 g/mol. The van der Waals surface area contributed by atoms with Crippen LogP contribution in [-0.4, -0.2) is 11.7 Å². The molecule has 0 atom stereocenters. The molecule has 2 heteroatoms. The summed E-state index contributed by atoms with van der Waals surface area (Å²) in [6, 6.07) is 7.88. The number of alkyl halides is 1. The van der Waals surface area contributed by atoms with E-state index in [9.17, 15) is 4.79 Å². The minimum Gasteiger partial charge on any atom is -0.293 e. The molecule has 1 aromatic rings. The van der Waals surface area contributed by atoms with Crippen LogP contribution in [0.5, 0.6) is 0 Å². The fraction of sp³-hybridized carbons (Fsp3) is 0.562. The Kier molecular flexibility index (Phi) is 5.40. The molecule has 1 rings (SSSR count). The number of benzene rings is 1. The van der Waals surface area contributed by atoms with Gasteiger partial charge in [-0.3, -0.25) is 4.79 Å². The third kappa shape index (κ3) is 4.13. The van der Waals surface area contributed by atoms with Gasteiger partial charge in [-0.2, -0.15) is 0 Å². The minimum atomic E-state index is -0.0109. The Morgan fingerprint density at radius 2 is 1.78 bits per heavy atom. The lowest BCUT2D eigenvalue weighted by Gasteiger charge is -2.26. The summed E-state index contributed by atoms with van der Waals surface area (Å²) in [6.07, 6.45) is 2.38. The minimum absolute atomic E-state index is 0.0109. The Morgan fingerprint density at radius 1 is 1.22 bits per heavy atom. The van der Waals surface area contributed by atoms with E-state index in [0.29, 0.717) is 5.56 Å². The highest BCUT2D eigenvalue weighted by atomic mass is 35.5. The molecule has 0 aliphatic rings. The maximum Gasteiger partial charge on any atom is 0.177 e. The second kappa shape index (κ2) is 6.38. The van der Waals surface area contributed by atoms with Crippen LogP contribution in [0.25, 0.3) is 0 Å². The first-order valence-corrected chi connectivity index (χ1v) is 7.10. The van der Waals surface area contributed by atoms with E-state index in [1.165, 1.54) is 12.0 Å². The van der Waals surface area contributed by atoms with Crippen LogP contribution in [0.2, 0.25) is 0 Å². The summed E-state index contributed by atoms with van der Waals surface area (Å²) < 4.78 is 0. The van der Waals surface area contributed by atoms with E-state index in [-0.39, 0.29) is 17.1 Å². The normalized spacial score (nSPS) is 11.9. The zero-order valence-electron chi connectivity index (χ0n) is 11.8. The molecule has 0 aliphatic carbocycles. The first kappa shape index (κ1) is 15.2. The number of ketones is 1. The molecule has 100 valence electrons. The highest BCUT2D eigenvalue weighted by Crippen LogP contribution is 2.30. The quantitative estimate of drug-likeness (QED) is 0.533. The van der Waals surface area contributed by atoms with Crippen molar-refractivity contribution in [3.8, 4) is 0 Å². The number of rotatable bonds is 6. The van der Waals surface area contributed by atoms with Crippen LogP contribution >= 0.6 is 11.6 Å². The Balaban J connectivity index is 2.80. The predicted molar refractivity (Wildman–Crippen MR) is 78.6 cm³/mol. The first-order chi connectivity index (χ1) is 8.36. The Hall–Kier alpha value is -0.820. The van der Waals surface area contributed by atoms with Crippen molar-refractivity contribution in [2.75, 3.05) is 5.88 Å². The van der Waals surface area contributed by atoms with Crippen molar-refractivity contribution in [3.05, 3.63) is 35.4 Å². The maximum absolute atomic E-state index is 11.5. The number of hydrogen-bond donors (Lipinski definition) is 0. The van der Waals surface area contributed by atoms with Gasteiger partial charge in [0, 0.05) is 5.56 Å². The van der Waals surface area contributed by atoms with Gasteiger partial charge in [0.2, 0.25) is 0 Å². The van der Waals surface area contributed by atoms with Crippen molar-refractivity contribution >= 4 is 17.4 Å². The third-order valence-electron chi connectivity index (χ3n) is 3.46. The summed E-state index contributed by atoms with van der Waals surface area (Å²) in [6.45, 7) is 9.01. The van der Waals surface area contributed by atoms with Gasteiger partial charge in [-0.05, 0) is 23.3 Å². The second-order valence-corrected chi connectivity index (χ2v) is 6.22. The fourth-order valence-corrected chi connectivity index (χ4v) is 2.13. The highest BCUT2D eigenvalue weighted by molar-refractivity contribution is 6.30. The van der Waals surface area contributed by atoms with Crippen LogP contribution in [0.15, 0.2) is 24.3 Å². The van der Waals surface area contributed by atoms with E-state index < -0.39 is 0 Å². The van der Waals surface area contributed by atoms with Crippen LogP contribution in [0.4, 0.5) is 0 Å². The zero-order valence-corrected chi connectivity index (χ0v) is 12.6. The molecule has 0 spiro atoms. The van der Waals surface area contributed by atoms with Gasteiger partial charge >= 0.3 is 0 Å². The zero-order chi connectivity index (χ0) is 13.8. The van der Waals surface area contributed by atoms with Crippen LogP contribution in [0, 0.1) is 5.92 Å². The third-order valence-corrected chi connectivity index (χ3v) is 3.70. The monoisotopic (exact) mass is 266 g/mol. The predicted octanol–water partition coefficient (Wildman–Crippen LogP) is 4.82. The number of carbonyl (C=O) groups is 1. The molecular formula is C16H23ClO. The van der Waals surface area contributed by atoms with Crippen molar-refractivity contribution in [3.63, 3.8) is 0 Å². The lowest BCUT2D eigenvalue weighted by Crippen LogP contribution is -2.18. The van der Waals surface area contributed by atoms with Crippen molar-refractivity contribution in [1.29, 1.82) is 0 Å². The molecule has 0 amide bonds. The summed E-state index contributed by atoms with van der Waals surface area (Å²) in [5.74, 6) is 0.764. The fourth-order valence-electron chi connectivity index (χ4n) is 1.98. The van der Waals surface area contributed by atoms with Crippen molar-refractivity contribution in [1.82, 2.24) is 0 Å². The summed E-state index contributed by atoms with van der Waals surface area (Å²) >= 11 is 5.55. The molecule has 0 heterocycles. The van der Waals surface area contributed by atoms with E-state index in [4.69, 9.17) is 11.6 Å². The second-order valence-electron chi connectivity index (χ2n) is 5.95. The van der Waals surface area contributed by atoms with Crippen molar-refractivity contribution < 1.29 is 4.79 Å². The van der Waals surface area contributed by atoms with Gasteiger partial charge in [0.05, 0.1) is 5.88 Å². The molecule has 0 saturated heterocycles. The van der Waals surface area contributed by atoms with E-state index >= 15 is 0 Å². The highest BCUT2D eigenvalue weighted by Gasteiger charge is 2.20. The summed E-state index contributed by atoms with van der Waals surface area (Å²) in [5.41, 5.74) is 2.15. The molecule has 0 aromatic heterocycles. The van der Waals surface area contributed by atoms with Gasteiger partial charge in [-0.15, -0.1) is 11.6 Å². The van der Waals surface area contributed by atoms with Crippen molar-refractivity contribution in [2.45, 2.75) is 46.0 Å². The molecule has 0 radical (unpaired) electrons. The van der Waals surface area contributed by atoms with Gasteiger partial charge in [0.1, 0.15) is 0 Å². The molecule has 0 aliphatic heterocycles. The van der Waals surface area contributed by atoms with Gasteiger partial charge in [-0.1, -0.05) is 58.4 Å². The number of hydrogen-bond acceptors (Lipinski definition) is 1. The molecule has 0 bridgehead atoms. The SMILES string of the molecule is CC(C)CCC(C)(C)c1ccc(C(=O)CCl)cc1. The van der Waals surface area contributed by atoms with Crippen LogP contribution < -0.4 is 0 Å². The Bertz CT molecular complexity index is 390. The molecule has 0 fully saturated rings. The Labute approximate surface area is 116 Å². The Morgan fingerprint density at radius 3 is 2.22 bits per heavy atom. The first-order valence-electron chi connectivity index (χ1n) is 6.56. The molecule has 1 aromatic carbocycles. The van der Waals surface area contributed by atoms with Crippen molar-refractivity contribution in [2.24, 2.45) is 5.92 Å². The number of carbonyl (C=O) groups excluding carboxylic acids is 1. The van der Waals surface area contributed by atoms with E-state index in [2.05, 4.69) is 39.8 Å². The van der Waals surface area contributed by atoms with Gasteiger partial charge in [-0.25, -0.2) is 0 Å². The average molecular weight is 267 g/mol. The molecule has 1 nitrogen and oxygen atoms in total. The molecule has 0 saturated carbocycles. The lowest BCUT2D eigenvalue weighted by molar-refractivity contribution is 0.102. The smallest absolute Gasteiger partial charge is 0.177 e. The van der Waals surface area contributed by atoms with Gasteiger partial charge in [0.15, 0.2) is 5.78 Å². The topological polar surface area (TPSA) is 17.1 Å². The maximum atomic E-state index is 11.5. The summed E-state index contributed by atoms with van der Waals surface area (Å²) in [4.78, 5) is 11.5. The average Bonchev–Trinajstić information content (AvgIpc) is 2.36. The van der Waals surface area contributed by atoms with E-state index in [1.54, 1.807) is 0 Å². The number of Topliss-reactive ketones (excluding diaryl/α,β-unsaturated/α-hetero) is 1. The van der Waals surface area contributed by atoms with Crippen LogP contribution in [0.3, 0.4) is 0 Å². The summed E-state index contributed by atoms with van der Waals surface area (Å²) in [5, 5.41) is 0. The number of halogens is 1. The largest absolute Gasteiger partial charge is 0.293 e. The van der Waals surface area contributed by atoms with E-state index in [0.717, 1.165) is 12.3 Å². The molecule has 0 unspecified atom stereocenters. The standard InChI is InChI=1S/C16H23ClO/c1-12(2)9-10-16(3,4)14-7-5-13(6-8-14)15(18)11-17/h5-8,12H,9-11H2,1-4H3. The summed E-state index contributed by atoms with van der Waals surface area (Å²) in [7, 11) is 0. The van der Waals surface area contributed by atoms with Crippen LogP contribution in [-0.2, 0) is 5.41 Å².